The molecule has 1 aromatic carbocycles. The Bertz CT molecular complexity index is 369. The number of fused-ring (bicyclic) bond motifs is 1. The fourth-order valence-electron chi connectivity index (χ4n) is 0.950. The zero-order valence-corrected chi connectivity index (χ0v) is 8.57. The zero-order chi connectivity index (χ0) is 9.42. The Morgan fingerprint density at radius 2 is 2.00 bits per heavy atom. The Hall–Kier alpha value is -0.500. The van der Waals surface area contributed by atoms with E-state index in [1.165, 1.54) is 6.07 Å². The first kappa shape index (κ1) is 9.07. The van der Waals surface area contributed by atoms with Crippen LogP contribution in [-0.4, -0.2) is 5.24 Å². The van der Waals surface area contributed by atoms with Crippen molar-refractivity contribution in [1.82, 2.24) is 0 Å². The molecule has 2 rings (SSSR count). The quantitative estimate of drug-likeness (QED) is 0.555. The maximum atomic E-state index is 10.8. The molecule has 0 radical (unpaired) electrons. The molecule has 0 spiro atoms. The van der Waals surface area contributed by atoms with Crippen molar-refractivity contribution in [2.45, 2.75) is 0 Å². The second kappa shape index (κ2) is 3.33. The summed E-state index contributed by atoms with van der Waals surface area (Å²) in [6, 6.07) is 4.67. The third-order valence-corrected chi connectivity index (χ3v) is 2.82. The molecule has 0 bridgehead atoms. The van der Waals surface area contributed by atoms with Gasteiger partial charge in [-0.1, -0.05) is 0 Å². The van der Waals surface area contributed by atoms with Crippen LogP contribution >= 0.6 is 30.6 Å². The van der Waals surface area contributed by atoms with Gasteiger partial charge in [-0.2, -0.15) is 0 Å². The highest BCUT2D eigenvalue weighted by molar-refractivity contribution is 7.76. The van der Waals surface area contributed by atoms with E-state index in [-0.39, 0.29) is 0 Å². The van der Waals surface area contributed by atoms with Crippen molar-refractivity contribution in [3.8, 4) is 11.5 Å². The smallest absolute Gasteiger partial charge is 0.401 e. The second-order valence-corrected chi connectivity index (χ2v) is 4.29. The van der Waals surface area contributed by atoms with E-state index in [0.717, 1.165) is 0 Å². The number of halogens is 2. The van der Waals surface area contributed by atoms with E-state index in [9.17, 15) is 4.79 Å². The van der Waals surface area contributed by atoms with E-state index in [1.807, 2.05) is 0 Å². The predicted molar refractivity (Wildman–Crippen MR) is 50.7 cm³/mol. The summed E-state index contributed by atoms with van der Waals surface area (Å²) >= 11 is 10.9. The van der Waals surface area contributed by atoms with Crippen molar-refractivity contribution in [3.63, 3.8) is 0 Å². The molecular weight excluding hydrogens is 234 g/mol. The predicted octanol–water partition coefficient (Wildman–Crippen LogP) is 3.30. The zero-order valence-electron chi connectivity index (χ0n) is 6.16. The minimum absolute atomic E-state index is 0.367. The first-order valence-electron chi connectivity index (χ1n) is 3.32. The van der Waals surface area contributed by atoms with Gasteiger partial charge in [-0.25, -0.2) is 0 Å². The number of rotatable bonds is 1. The number of carbonyl (C=O) groups excluding carboxylic acids is 1. The Labute approximate surface area is 85.3 Å². The minimum Gasteiger partial charge on any atom is -0.423 e. The molecule has 13 heavy (non-hydrogen) atoms. The fraction of sp³-hybridized carbons (Fsp3) is 0. The Morgan fingerprint density at radius 3 is 2.69 bits per heavy atom. The van der Waals surface area contributed by atoms with Crippen molar-refractivity contribution in [2.24, 2.45) is 0 Å². The van der Waals surface area contributed by atoms with Crippen LogP contribution in [0.3, 0.4) is 0 Å². The summed E-state index contributed by atoms with van der Waals surface area (Å²) in [6.45, 7) is 0. The van der Waals surface area contributed by atoms with Gasteiger partial charge in [0.05, 0.1) is 0 Å². The fourth-order valence-corrected chi connectivity index (χ4v) is 2.15. The van der Waals surface area contributed by atoms with E-state index < -0.39 is 13.0 Å². The molecule has 1 atom stereocenters. The largest absolute Gasteiger partial charge is 0.423 e. The second-order valence-electron chi connectivity index (χ2n) is 2.33. The maximum Gasteiger partial charge on any atom is 0.401 e. The van der Waals surface area contributed by atoms with Crippen LogP contribution in [0.25, 0.3) is 0 Å². The average molecular weight is 237 g/mol. The van der Waals surface area contributed by atoms with Crippen LogP contribution in [0.4, 0.5) is 0 Å². The van der Waals surface area contributed by atoms with Gasteiger partial charge >= 0.3 is 7.73 Å². The molecule has 1 aliphatic rings. The summed E-state index contributed by atoms with van der Waals surface area (Å²) in [6.07, 6.45) is 0. The molecule has 1 aromatic rings. The maximum absolute atomic E-state index is 10.8. The Morgan fingerprint density at radius 1 is 1.31 bits per heavy atom. The van der Waals surface area contributed by atoms with Crippen LogP contribution in [0, 0.1) is 0 Å². The third-order valence-electron chi connectivity index (χ3n) is 1.51. The van der Waals surface area contributed by atoms with Crippen LogP contribution in [0.2, 0.25) is 0 Å². The van der Waals surface area contributed by atoms with Crippen molar-refractivity contribution in [3.05, 3.63) is 23.8 Å². The monoisotopic (exact) mass is 236 g/mol. The Balaban J connectivity index is 2.40. The van der Waals surface area contributed by atoms with Gasteiger partial charge < -0.3 is 9.05 Å². The molecule has 1 unspecified atom stereocenters. The van der Waals surface area contributed by atoms with Gasteiger partial charge in [0, 0.05) is 5.56 Å². The van der Waals surface area contributed by atoms with Gasteiger partial charge in [0.2, 0.25) is 0 Å². The molecule has 0 saturated carbocycles. The average Bonchev–Trinajstić information content (AvgIpc) is 2.42. The molecule has 0 N–H and O–H groups in total. The van der Waals surface area contributed by atoms with Crippen LogP contribution in [0.1, 0.15) is 10.4 Å². The molecule has 68 valence electrons. The van der Waals surface area contributed by atoms with Crippen LogP contribution in [0.15, 0.2) is 18.2 Å². The number of hydrogen-bond donors (Lipinski definition) is 0. The molecule has 0 saturated heterocycles. The third kappa shape index (κ3) is 1.73. The van der Waals surface area contributed by atoms with Crippen LogP contribution in [0.5, 0.6) is 11.5 Å². The van der Waals surface area contributed by atoms with E-state index in [0.29, 0.717) is 17.1 Å². The van der Waals surface area contributed by atoms with Gasteiger partial charge in [0.25, 0.3) is 5.24 Å². The molecule has 3 nitrogen and oxygen atoms in total. The van der Waals surface area contributed by atoms with Gasteiger partial charge in [0.1, 0.15) is 0 Å². The summed E-state index contributed by atoms with van der Waals surface area (Å²) in [5, 5.41) is -0.530. The normalized spacial score (nSPS) is 18.8. The van der Waals surface area contributed by atoms with E-state index >= 15 is 0 Å². The molecule has 0 amide bonds. The first-order chi connectivity index (χ1) is 6.16. The van der Waals surface area contributed by atoms with Crippen molar-refractivity contribution in [1.29, 1.82) is 0 Å². The topological polar surface area (TPSA) is 35.5 Å². The van der Waals surface area contributed by atoms with Gasteiger partial charge in [-0.15, -0.1) is 0 Å². The van der Waals surface area contributed by atoms with E-state index in [1.54, 1.807) is 12.1 Å². The highest BCUT2D eigenvalue weighted by atomic mass is 35.7. The van der Waals surface area contributed by atoms with Gasteiger partial charge in [-0.3, -0.25) is 4.79 Å². The molecule has 0 aliphatic carbocycles. The van der Waals surface area contributed by atoms with E-state index in [2.05, 4.69) is 0 Å². The lowest BCUT2D eigenvalue weighted by Crippen LogP contribution is -1.87. The summed E-state index contributed by atoms with van der Waals surface area (Å²) in [5.41, 5.74) is 0.367. The lowest BCUT2D eigenvalue weighted by Gasteiger charge is -1.95. The highest BCUT2D eigenvalue weighted by Gasteiger charge is 2.24. The summed E-state index contributed by atoms with van der Waals surface area (Å²) in [4.78, 5) is 10.8. The van der Waals surface area contributed by atoms with Gasteiger partial charge in [-0.05, 0) is 41.0 Å². The molecule has 0 fully saturated rings. The number of benzene rings is 1. The Kier molecular flexibility index (Phi) is 2.33. The summed E-state index contributed by atoms with van der Waals surface area (Å²) in [5.74, 6) is 1.01. The molecule has 1 heterocycles. The highest BCUT2D eigenvalue weighted by Crippen LogP contribution is 2.55. The summed E-state index contributed by atoms with van der Waals surface area (Å²) in [7, 11) is -1.41. The molecule has 6 heteroatoms. The molecular formula is C7H3Cl2O3P. The SMILES string of the molecule is O=C(Cl)c1ccc2c(c1)OP(Cl)O2. The van der Waals surface area contributed by atoms with Gasteiger partial charge in [0.15, 0.2) is 11.5 Å². The molecule has 0 aromatic heterocycles. The van der Waals surface area contributed by atoms with Crippen LogP contribution < -0.4 is 9.05 Å². The van der Waals surface area contributed by atoms with Crippen molar-refractivity contribution < 1.29 is 13.8 Å². The lowest BCUT2D eigenvalue weighted by atomic mass is 10.2. The van der Waals surface area contributed by atoms with Crippen molar-refractivity contribution in [2.75, 3.05) is 0 Å². The van der Waals surface area contributed by atoms with E-state index in [4.69, 9.17) is 31.9 Å². The number of hydrogen-bond acceptors (Lipinski definition) is 3. The summed E-state index contributed by atoms with van der Waals surface area (Å²) < 4.78 is 10.2. The number of carbonyl (C=O) groups is 1. The van der Waals surface area contributed by atoms with Crippen molar-refractivity contribution >= 4 is 35.8 Å². The first-order valence-corrected chi connectivity index (χ1v) is 5.78. The molecule has 1 aliphatic heterocycles. The van der Waals surface area contributed by atoms with Crippen LogP contribution in [-0.2, 0) is 0 Å². The minimum atomic E-state index is -1.41. The standard InChI is InChI=1S/C7H3Cl2O3P/c8-7(10)4-1-2-5-6(3-4)12-13(9)11-5/h1-3H. The lowest BCUT2D eigenvalue weighted by molar-refractivity contribution is 0.108.